The van der Waals surface area contributed by atoms with Crippen LogP contribution in [0.3, 0.4) is 0 Å². The quantitative estimate of drug-likeness (QED) is 0.362. The second kappa shape index (κ2) is 8.94. The van der Waals surface area contributed by atoms with Crippen LogP contribution >= 0.6 is 0 Å². The van der Waals surface area contributed by atoms with Crippen molar-refractivity contribution < 1.29 is 9.63 Å². The third kappa shape index (κ3) is 4.96. The lowest BCUT2D eigenvalue weighted by Crippen LogP contribution is -2.33. The fourth-order valence-electron chi connectivity index (χ4n) is 3.96. The Hall–Kier alpha value is -3.66. The molecule has 0 saturated heterocycles. The van der Waals surface area contributed by atoms with E-state index in [0.29, 0.717) is 17.6 Å². The van der Waals surface area contributed by atoms with Gasteiger partial charge < -0.3 is 15.4 Å². The minimum Gasteiger partial charge on any atom is -0.389 e. The van der Waals surface area contributed by atoms with Gasteiger partial charge in [0.25, 0.3) is 5.89 Å². The van der Waals surface area contributed by atoms with Gasteiger partial charge in [0.2, 0.25) is 5.95 Å². The van der Waals surface area contributed by atoms with Crippen LogP contribution in [0.5, 0.6) is 0 Å². The summed E-state index contributed by atoms with van der Waals surface area (Å²) in [6, 6.07) is 3.99. The Bertz CT molecular complexity index is 1180. The third-order valence-electron chi connectivity index (χ3n) is 6.03. The molecular formula is C24H30N8O2. The van der Waals surface area contributed by atoms with Gasteiger partial charge in [0.15, 0.2) is 5.82 Å². The molecule has 178 valence electrons. The molecule has 0 amide bonds. The molecule has 34 heavy (non-hydrogen) atoms. The fraction of sp³-hybridized carbons (Fsp3) is 0.417. The van der Waals surface area contributed by atoms with Crippen LogP contribution in [0.1, 0.15) is 57.8 Å². The minimum absolute atomic E-state index is 0.228. The molecule has 10 heteroatoms. The Morgan fingerprint density at radius 1 is 1.24 bits per heavy atom. The predicted octanol–water partition coefficient (Wildman–Crippen LogP) is 3.27. The highest BCUT2D eigenvalue weighted by atomic mass is 16.5. The third-order valence-corrected chi connectivity index (χ3v) is 6.03. The lowest BCUT2D eigenvalue weighted by atomic mass is 9.77. The van der Waals surface area contributed by atoms with Gasteiger partial charge in [-0.2, -0.15) is 10.1 Å². The average Bonchev–Trinajstić information content (AvgIpc) is 3.54. The number of anilines is 1. The number of nitrogens with two attached hydrogens (primary N) is 1. The smallest absolute Gasteiger partial charge is 0.255 e. The van der Waals surface area contributed by atoms with Gasteiger partial charge in [0, 0.05) is 42.6 Å². The molecule has 4 rings (SSSR count). The van der Waals surface area contributed by atoms with Gasteiger partial charge in [-0.3, -0.25) is 9.99 Å². The Kier molecular flexibility index (Phi) is 6.18. The molecule has 1 aliphatic rings. The molecule has 0 aliphatic heterocycles. The van der Waals surface area contributed by atoms with Crippen molar-refractivity contribution in [2.45, 2.75) is 51.6 Å². The van der Waals surface area contributed by atoms with E-state index in [1.54, 1.807) is 37.5 Å². The van der Waals surface area contributed by atoms with Crippen LogP contribution in [0.15, 0.2) is 46.5 Å². The van der Waals surface area contributed by atoms with Gasteiger partial charge in [0.05, 0.1) is 23.3 Å². The van der Waals surface area contributed by atoms with E-state index in [1.165, 1.54) is 0 Å². The van der Waals surface area contributed by atoms with Crippen LogP contribution in [0.25, 0.3) is 16.8 Å². The molecule has 1 aliphatic carbocycles. The zero-order valence-corrected chi connectivity index (χ0v) is 19.9. The van der Waals surface area contributed by atoms with Gasteiger partial charge >= 0.3 is 0 Å². The van der Waals surface area contributed by atoms with E-state index < -0.39 is 11.0 Å². The van der Waals surface area contributed by atoms with Crippen molar-refractivity contribution in [3.05, 3.63) is 54.2 Å². The number of nitrogen functional groups attached to an aromatic ring is 1. The largest absolute Gasteiger partial charge is 0.389 e. The van der Waals surface area contributed by atoms with Crippen LogP contribution in [0.4, 0.5) is 5.95 Å². The SMILES string of the molecule is C=NN(C=C(C)c1nc(C(C)(c2ccc(-c3cnc(N)nc3)nc2)C2CC2)no1)CC(C)(C)O. The fourth-order valence-corrected chi connectivity index (χ4v) is 3.96. The highest BCUT2D eigenvalue weighted by Crippen LogP contribution is 2.50. The Balaban J connectivity index is 1.61. The first-order chi connectivity index (χ1) is 16.1. The van der Waals surface area contributed by atoms with Gasteiger partial charge in [-0.05, 0) is 58.1 Å². The van der Waals surface area contributed by atoms with Crippen LogP contribution in [0.2, 0.25) is 0 Å². The number of hydrogen-bond donors (Lipinski definition) is 2. The maximum absolute atomic E-state index is 10.1. The summed E-state index contributed by atoms with van der Waals surface area (Å²) in [5, 5.41) is 19.9. The molecule has 10 nitrogen and oxygen atoms in total. The zero-order chi connectivity index (χ0) is 24.5. The molecule has 1 atom stereocenters. The standard InChI is InChI=1S/C24H30N8O2/c1-15(13-32(26-5)14-23(2,3)33)20-30-21(31-34-20)24(4,17-6-7-17)18-8-9-19(27-12-18)16-10-28-22(25)29-11-16/h8-13,17,33H,5-7,14H2,1-4H3,(H2,25,28,29). The van der Waals surface area contributed by atoms with E-state index >= 15 is 0 Å². The summed E-state index contributed by atoms with van der Waals surface area (Å²) in [6.45, 7) is 11.3. The van der Waals surface area contributed by atoms with E-state index in [1.807, 2.05) is 25.3 Å². The predicted molar refractivity (Wildman–Crippen MR) is 129 cm³/mol. The summed E-state index contributed by atoms with van der Waals surface area (Å²) in [4.78, 5) is 17.5. The summed E-state index contributed by atoms with van der Waals surface area (Å²) < 4.78 is 5.62. The monoisotopic (exact) mass is 462 g/mol. The lowest BCUT2D eigenvalue weighted by molar-refractivity contribution is 0.0518. The normalized spacial score (nSPS) is 16.2. The highest BCUT2D eigenvalue weighted by molar-refractivity contribution is 5.58. The van der Waals surface area contributed by atoms with Crippen molar-refractivity contribution in [2.75, 3.05) is 12.3 Å². The molecule has 3 aromatic rings. The first-order valence-electron chi connectivity index (χ1n) is 11.1. The van der Waals surface area contributed by atoms with Gasteiger partial charge in [-0.1, -0.05) is 11.2 Å². The molecule has 0 spiro atoms. The van der Waals surface area contributed by atoms with Crippen LogP contribution in [-0.2, 0) is 5.41 Å². The summed E-state index contributed by atoms with van der Waals surface area (Å²) in [5.41, 5.74) is 7.52. The topological polar surface area (TPSA) is 139 Å². The Morgan fingerprint density at radius 3 is 2.50 bits per heavy atom. The van der Waals surface area contributed by atoms with E-state index in [2.05, 4.69) is 38.9 Å². The minimum atomic E-state index is -0.930. The molecule has 3 aromatic heterocycles. The number of aromatic nitrogens is 5. The number of nitrogens with zero attached hydrogens (tertiary/aromatic N) is 7. The number of allylic oxidation sites excluding steroid dienone is 1. The summed E-state index contributed by atoms with van der Waals surface area (Å²) >= 11 is 0. The Labute approximate surface area is 198 Å². The molecular weight excluding hydrogens is 432 g/mol. The van der Waals surface area contributed by atoms with Gasteiger partial charge in [-0.25, -0.2) is 9.97 Å². The molecule has 1 saturated carbocycles. The summed E-state index contributed by atoms with van der Waals surface area (Å²) in [6.07, 6.45) is 9.08. The van der Waals surface area contributed by atoms with Crippen molar-refractivity contribution in [2.24, 2.45) is 11.0 Å². The average molecular weight is 463 g/mol. The first kappa shape index (κ1) is 23.5. The summed E-state index contributed by atoms with van der Waals surface area (Å²) in [7, 11) is 0. The van der Waals surface area contributed by atoms with E-state index in [4.69, 9.17) is 15.2 Å². The van der Waals surface area contributed by atoms with E-state index in [-0.39, 0.29) is 12.5 Å². The number of rotatable bonds is 9. The van der Waals surface area contributed by atoms with E-state index in [9.17, 15) is 5.11 Å². The molecule has 3 heterocycles. The van der Waals surface area contributed by atoms with Crippen molar-refractivity contribution in [1.82, 2.24) is 30.1 Å². The summed E-state index contributed by atoms with van der Waals surface area (Å²) in [5.74, 6) is 1.64. The van der Waals surface area contributed by atoms with Crippen LogP contribution < -0.4 is 5.73 Å². The maximum atomic E-state index is 10.1. The van der Waals surface area contributed by atoms with Crippen molar-refractivity contribution in [3.8, 4) is 11.3 Å². The first-order valence-corrected chi connectivity index (χ1v) is 11.1. The zero-order valence-electron chi connectivity index (χ0n) is 19.9. The van der Waals surface area contributed by atoms with Crippen molar-refractivity contribution in [3.63, 3.8) is 0 Å². The van der Waals surface area contributed by atoms with E-state index in [0.717, 1.165) is 35.2 Å². The van der Waals surface area contributed by atoms with Crippen LogP contribution in [-0.4, -0.2) is 54.1 Å². The molecule has 1 fully saturated rings. The lowest BCUT2D eigenvalue weighted by Gasteiger charge is -2.26. The molecule has 0 bridgehead atoms. The second-order valence-corrected chi connectivity index (χ2v) is 9.53. The Morgan fingerprint density at radius 2 is 1.94 bits per heavy atom. The highest BCUT2D eigenvalue weighted by Gasteiger charge is 2.47. The van der Waals surface area contributed by atoms with Crippen LogP contribution in [0, 0.1) is 5.92 Å². The number of hydrogen-bond acceptors (Lipinski definition) is 10. The van der Waals surface area contributed by atoms with Gasteiger partial charge in [0.1, 0.15) is 0 Å². The van der Waals surface area contributed by atoms with Crippen molar-refractivity contribution >= 4 is 18.2 Å². The van der Waals surface area contributed by atoms with Gasteiger partial charge in [-0.15, -0.1) is 0 Å². The maximum Gasteiger partial charge on any atom is 0.255 e. The molecule has 1 unspecified atom stereocenters. The molecule has 0 aromatic carbocycles. The molecule has 3 N–H and O–H groups in total. The van der Waals surface area contributed by atoms with Crippen molar-refractivity contribution in [1.29, 1.82) is 0 Å². The number of hydrazone groups is 1. The second-order valence-electron chi connectivity index (χ2n) is 9.53. The molecule has 0 radical (unpaired) electrons. The number of aliphatic hydroxyl groups is 1. The number of pyridine rings is 1.